The maximum Gasteiger partial charge on any atom is 0.227 e. The molecule has 0 atom stereocenters. The molecule has 1 saturated carbocycles. The number of aliphatic hydroxyl groups is 1. The molecule has 3 rings (SSSR count). The van der Waals surface area contributed by atoms with Crippen LogP contribution >= 0.6 is 0 Å². The van der Waals surface area contributed by atoms with Crippen LogP contribution in [0.15, 0.2) is 33.8 Å². The fraction of sp³-hybridized carbons (Fsp3) is 0.467. The van der Waals surface area contributed by atoms with Gasteiger partial charge >= 0.3 is 0 Å². The monoisotopic (exact) mass is 290 g/mol. The highest BCUT2D eigenvalue weighted by molar-refractivity contribution is 5.17. The van der Waals surface area contributed by atoms with Gasteiger partial charge in [0.1, 0.15) is 25.2 Å². The molecule has 0 aliphatic heterocycles. The molecule has 0 saturated heterocycles. The van der Waals surface area contributed by atoms with Gasteiger partial charge in [-0.25, -0.2) is 0 Å². The number of aliphatic hydroxyl groups excluding tert-OH is 1. The predicted octanol–water partition coefficient (Wildman–Crippen LogP) is 2.02. The Morgan fingerprint density at radius 1 is 1.43 bits per heavy atom. The number of aromatic nitrogens is 2. The van der Waals surface area contributed by atoms with Gasteiger partial charge < -0.3 is 14.3 Å². The molecule has 6 nitrogen and oxygen atoms in total. The molecule has 2 heterocycles. The number of rotatable bonds is 5. The Morgan fingerprint density at radius 3 is 2.95 bits per heavy atom. The molecule has 1 fully saturated rings. The first-order valence-corrected chi connectivity index (χ1v) is 7.15. The summed E-state index contributed by atoms with van der Waals surface area (Å²) in [7, 11) is 0. The third-order valence-corrected chi connectivity index (χ3v) is 3.75. The normalized spacial score (nSPS) is 15.5. The first kappa shape index (κ1) is 13.9. The molecule has 0 amide bonds. The van der Waals surface area contributed by atoms with Crippen molar-refractivity contribution in [2.75, 3.05) is 0 Å². The molecule has 0 bridgehead atoms. The number of hydrogen-bond donors (Lipinski definition) is 1. The standard InChI is InChI=1S/C15H18N2O4/c18-8-13-7-14(19)15(10-20-13)21-9-11-5-6-17(16-11)12-3-1-2-4-12/h5-7,10,12,18H,1-4,8-9H2. The van der Waals surface area contributed by atoms with Crippen molar-refractivity contribution in [3.05, 3.63) is 46.3 Å². The quantitative estimate of drug-likeness (QED) is 0.911. The van der Waals surface area contributed by atoms with Crippen molar-refractivity contribution in [3.8, 4) is 5.75 Å². The Bertz CT molecular complexity index is 656. The van der Waals surface area contributed by atoms with Gasteiger partial charge in [0, 0.05) is 12.3 Å². The van der Waals surface area contributed by atoms with Crippen LogP contribution in [-0.4, -0.2) is 14.9 Å². The molecule has 2 aromatic rings. The molecule has 1 N–H and O–H groups in total. The van der Waals surface area contributed by atoms with Crippen molar-refractivity contribution in [2.45, 2.75) is 44.9 Å². The van der Waals surface area contributed by atoms with Gasteiger partial charge in [0.05, 0.1) is 11.7 Å². The molecule has 1 aliphatic rings. The molecule has 0 unspecified atom stereocenters. The predicted molar refractivity (Wildman–Crippen MR) is 75.0 cm³/mol. The van der Waals surface area contributed by atoms with Gasteiger partial charge in [0.2, 0.25) is 11.2 Å². The lowest BCUT2D eigenvalue weighted by molar-refractivity contribution is 0.235. The van der Waals surface area contributed by atoms with Gasteiger partial charge in [-0.3, -0.25) is 9.48 Å². The second-order valence-corrected chi connectivity index (χ2v) is 5.25. The second kappa shape index (κ2) is 6.13. The summed E-state index contributed by atoms with van der Waals surface area (Å²) in [5.41, 5.74) is 0.480. The Kier molecular flexibility index (Phi) is 4.06. The molecule has 21 heavy (non-hydrogen) atoms. The van der Waals surface area contributed by atoms with Crippen LogP contribution in [0, 0.1) is 0 Å². The largest absolute Gasteiger partial charge is 0.480 e. The fourth-order valence-electron chi connectivity index (χ4n) is 2.60. The molecule has 0 spiro atoms. The van der Waals surface area contributed by atoms with Gasteiger partial charge in [0.15, 0.2) is 0 Å². The zero-order chi connectivity index (χ0) is 14.7. The van der Waals surface area contributed by atoms with Crippen molar-refractivity contribution >= 4 is 0 Å². The van der Waals surface area contributed by atoms with Gasteiger partial charge in [0.25, 0.3) is 0 Å². The minimum Gasteiger partial charge on any atom is -0.480 e. The van der Waals surface area contributed by atoms with Crippen molar-refractivity contribution in [1.82, 2.24) is 9.78 Å². The van der Waals surface area contributed by atoms with Crippen LogP contribution in [0.2, 0.25) is 0 Å². The summed E-state index contributed by atoms with van der Waals surface area (Å²) in [5, 5.41) is 13.4. The van der Waals surface area contributed by atoms with Crippen LogP contribution in [0.1, 0.15) is 43.2 Å². The average molecular weight is 290 g/mol. The summed E-state index contributed by atoms with van der Waals surface area (Å²) in [6.07, 6.45) is 8.06. The van der Waals surface area contributed by atoms with E-state index < -0.39 is 0 Å². The van der Waals surface area contributed by atoms with E-state index >= 15 is 0 Å². The van der Waals surface area contributed by atoms with E-state index in [1.54, 1.807) is 0 Å². The highest BCUT2D eigenvalue weighted by Crippen LogP contribution is 2.28. The van der Waals surface area contributed by atoms with Crippen molar-refractivity contribution < 1.29 is 14.3 Å². The van der Waals surface area contributed by atoms with E-state index in [1.807, 2.05) is 16.9 Å². The minimum absolute atomic E-state index is 0.127. The Morgan fingerprint density at radius 2 is 2.24 bits per heavy atom. The van der Waals surface area contributed by atoms with Crippen molar-refractivity contribution in [2.24, 2.45) is 0 Å². The lowest BCUT2D eigenvalue weighted by atomic mass is 10.3. The smallest absolute Gasteiger partial charge is 0.227 e. The topological polar surface area (TPSA) is 77.5 Å². The summed E-state index contributed by atoms with van der Waals surface area (Å²) in [5.74, 6) is 0.348. The highest BCUT2D eigenvalue weighted by Gasteiger charge is 2.17. The summed E-state index contributed by atoms with van der Waals surface area (Å²) in [6.45, 7) is -0.0791. The van der Waals surface area contributed by atoms with E-state index in [2.05, 4.69) is 5.10 Å². The third kappa shape index (κ3) is 3.16. The van der Waals surface area contributed by atoms with Crippen molar-refractivity contribution in [3.63, 3.8) is 0 Å². The van der Waals surface area contributed by atoms with Crippen LogP contribution in [0.4, 0.5) is 0 Å². The molecule has 1 aliphatic carbocycles. The minimum atomic E-state index is -0.305. The Labute approximate surface area is 122 Å². The van der Waals surface area contributed by atoms with E-state index in [-0.39, 0.29) is 30.2 Å². The number of ether oxygens (including phenoxy) is 1. The van der Waals surface area contributed by atoms with Crippen LogP contribution in [-0.2, 0) is 13.2 Å². The maximum absolute atomic E-state index is 11.7. The Balaban J connectivity index is 1.63. The summed E-state index contributed by atoms with van der Waals surface area (Å²) in [4.78, 5) is 11.7. The second-order valence-electron chi connectivity index (χ2n) is 5.25. The van der Waals surface area contributed by atoms with E-state index in [9.17, 15) is 4.79 Å². The number of hydrogen-bond acceptors (Lipinski definition) is 5. The van der Waals surface area contributed by atoms with Crippen LogP contribution in [0.25, 0.3) is 0 Å². The molecular formula is C15H18N2O4. The average Bonchev–Trinajstić information content (AvgIpc) is 3.16. The van der Waals surface area contributed by atoms with Crippen LogP contribution in [0.3, 0.4) is 0 Å². The first-order chi connectivity index (χ1) is 10.3. The SMILES string of the molecule is O=c1cc(CO)occ1OCc1ccn(C2CCCC2)n1. The van der Waals surface area contributed by atoms with Gasteiger partial charge in [-0.15, -0.1) is 0 Å². The summed E-state index contributed by atoms with van der Waals surface area (Å²) < 4.78 is 12.5. The fourth-order valence-corrected chi connectivity index (χ4v) is 2.60. The highest BCUT2D eigenvalue weighted by atomic mass is 16.5. The first-order valence-electron chi connectivity index (χ1n) is 7.15. The van der Waals surface area contributed by atoms with Crippen LogP contribution in [0.5, 0.6) is 5.75 Å². The van der Waals surface area contributed by atoms with Gasteiger partial charge in [-0.1, -0.05) is 12.8 Å². The summed E-state index contributed by atoms with van der Waals surface area (Å²) in [6, 6.07) is 3.63. The van der Waals surface area contributed by atoms with Gasteiger partial charge in [-0.05, 0) is 18.9 Å². The molecule has 112 valence electrons. The van der Waals surface area contributed by atoms with E-state index in [1.165, 1.54) is 38.0 Å². The number of nitrogens with zero attached hydrogens (tertiary/aromatic N) is 2. The molecular weight excluding hydrogens is 272 g/mol. The zero-order valence-corrected chi connectivity index (χ0v) is 11.7. The molecule has 0 radical (unpaired) electrons. The van der Waals surface area contributed by atoms with E-state index in [4.69, 9.17) is 14.3 Å². The Hall–Kier alpha value is -2.08. The third-order valence-electron chi connectivity index (χ3n) is 3.75. The molecule has 0 aromatic carbocycles. The van der Waals surface area contributed by atoms with E-state index in [0.717, 1.165) is 5.69 Å². The van der Waals surface area contributed by atoms with Gasteiger partial charge in [-0.2, -0.15) is 5.10 Å². The zero-order valence-electron chi connectivity index (χ0n) is 11.7. The maximum atomic E-state index is 11.7. The van der Waals surface area contributed by atoms with Crippen molar-refractivity contribution in [1.29, 1.82) is 0 Å². The van der Waals surface area contributed by atoms with E-state index in [0.29, 0.717) is 6.04 Å². The lowest BCUT2D eigenvalue weighted by Crippen LogP contribution is -2.09. The van der Waals surface area contributed by atoms with Crippen LogP contribution < -0.4 is 10.2 Å². The molecule has 6 heteroatoms. The summed E-state index contributed by atoms with van der Waals surface area (Å²) >= 11 is 0. The molecule has 2 aromatic heterocycles. The lowest BCUT2D eigenvalue weighted by Gasteiger charge is -2.09.